The van der Waals surface area contributed by atoms with Crippen molar-refractivity contribution in [1.82, 2.24) is 0 Å². The van der Waals surface area contributed by atoms with Gasteiger partial charge in [-0.15, -0.1) is 0 Å². The van der Waals surface area contributed by atoms with E-state index in [1.54, 1.807) is 0 Å². The van der Waals surface area contributed by atoms with Gasteiger partial charge in [0.25, 0.3) is 0 Å². The van der Waals surface area contributed by atoms with E-state index in [0.717, 1.165) is 19.0 Å². The summed E-state index contributed by atoms with van der Waals surface area (Å²) in [6, 6.07) is 0. The molecule has 18 heavy (non-hydrogen) atoms. The fourth-order valence-electron chi connectivity index (χ4n) is 2.92. The predicted molar refractivity (Wildman–Crippen MR) is 83.6 cm³/mol. The van der Waals surface area contributed by atoms with Gasteiger partial charge in [-0.3, -0.25) is 0 Å². The predicted octanol–water partition coefficient (Wildman–Crippen LogP) is 5.24. The minimum absolute atomic E-state index is 0.392. The summed E-state index contributed by atoms with van der Waals surface area (Å²) in [6.45, 7) is 4.17. The topological polar surface area (TPSA) is 9.23 Å². The van der Waals surface area contributed by atoms with Gasteiger partial charge in [0.15, 0.2) is 0 Å². The molecule has 0 unspecified atom stereocenters. The van der Waals surface area contributed by atoms with Gasteiger partial charge in [0.1, 0.15) is 0 Å². The molecule has 0 N–H and O–H groups in total. The van der Waals surface area contributed by atoms with E-state index in [2.05, 4.69) is 19.6 Å². The molecule has 0 amide bonds. The Balaban J connectivity index is 2.10. The lowest BCUT2D eigenvalue weighted by Gasteiger charge is -2.30. The molecule has 1 saturated carbocycles. The van der Waals surface area contributed by atoms with Crippen LogP contribution in [0.1, 0.15) is 77.6 Å². The summed E-state index contributed by atoms with van der Waals surface area (Å²) in [5, 5.41) is 0. The van der Waals surface area contributed by atoms with E-state index in [1.807, 2.05) is 0 Å². The third-order valence-corrected chi connectivity index (χ3v) is 4.97. The summed E-state index contributed by atoms with van der Waals surface area (Å²) in [7, 11) is 0. The van der Waals surface area contributed by atoms with Crippen LogP contribution in [0.2, 0.25) is 0 Å². The largest absolute Gasteiger partial charge is 0.381 e. The van der Waals surface area contributed by atoms with Crippen molar-refractivity contribution in [3.05, 3.63) is 0 Å². The van der Waals surface area contributed by atoms with Crippen LogP contribution in [-0.4, -0.2) is 19.0 Å². The monoisotopic (exact) mass is 272 g/mol. The van der Waals surface area contributed by atoms with Crippen molar-refractivity contribution < 1.29 is 4.74 Å². The molecule has 1 aliphatic carbocycles. The second-order valence-corrected chi connectivity index (χ2v) is 6.36. The maximum atomic E-state index is 5.95. The molecule has 1 aliphatic rings. The van der Waals surface area contributed by atoms with Crippen LogP contribution in [0.5, 0.6) is 0 Å². The summed E-state index contributed by atoms with van der Waals surface area (Å²) < 4.78 is 5.95. The van der Waals surface area contributed by atoms with Crippen LogP contribution >= 0.6 is 12.6 Å². The van der Waals surface area contributed by atoms with E-state index in [9.17, 15) is 0 Å². The van der Waals surface area contributed by atoms with Gasteiger partial charge in [0.05, 0.1) is 6.61 Å². The number of hydrogen-bond acceptors (Lipinski definition) is 2. The van der Waals surface area contributed by atoms with Gasteiger partial charge in [0, 0.05) is 12.0 Å². The van der Waals surface area contributed by atoms with Crippen LogP contribution in [0, 0.1) is 5.41 Å². The van der Waals surface area contributed by atoms with Gasteiger partial charge in [-0.1, -0.05) is 58.3 Å². The second-order valence-electron chi connectivity index (χ2n) is 6.04. The molecule has 0 heterocycles. The Kier molecular flexibility index (Phi) is 9.22. The number of rotatable bonds is 9. The van der Waals surface area contributed by atoms with Gasteiger partial charge in [-0.25, -0.2) is 0 Å². The van der Waals surface area contributed by atoms with Crippen LogP contribution in [0.3, 0.4) is 0 Å². The molecule has 1 fully saturated rings. The maximum Gasteiger partial charge on any atom is 0.0530 e. The first-order chi connectivity index (χ1) is 8.83. The Labute approximate surface area is 119 Å². The highest BCUT2D eigenvalue weighted by Crippen LogP contribution is 2.36. The average Bonchev–Trinajstić information content (AvgIpc) is 2.64. The zero-order valence-corrected chi connectivity index (χ0v) is 13.1. The molecular formula is C16H32OS. The Bertz CT molecular complexity index is 186. The van der Waals surface area contributed by atoms with Crippen LogP contribution < -0.4 is 0 Å². The quantitative estimate of drug-likeness (QED) is 0.343. The third kappa shape index (κ3) is 6.47. The van der Waals surface area contributed by atoms with Crippen molar-refractivity contribution in [1.29, 1.82) is 0 Å². The van der Waals surface area contributed by atoms with Crippen molar-refractivity contribution in [3.8, 4) is 0 Å². The van der Waals surface area contributed by atoms with Crippen molar-refractivity contribution >= 4 is 12.6 Å². The molecule has 0 aliphatic heterocycles. The molecule has 0 spiro atoms. The van der Waals surface area contributed by atoms with Crippen LogP contribution in [0.4, 0.5) is 0 Å². The van der Waals surface area contributed by atoms with Crippen molar-refractivity contribution in [2.24, 2.45) is 5.41 Å². The SMILES string of the molecule is CCCCCCCOCC1(CS)CCCCCC1. The standard InChI is InChI=1S/C16H32OS/c1-2-3-4-7-10-13-17-14-16(15-18)11-8-5-6-9-12-16/h18H,2-15H2,1H3. The number of ether oxygens (including phenoxy) is 1. The molecule has 2 heteroatoms. The fraction of sp³-hybridized carbons (Fsp3) is 1.00. The van der Waals surface area contributed by atoms with Crippen molar-refractivity contribution in [3.63, 3.8) is 0 Å². The van der Waals surface area contributed by atoms with E-state index in [0.29, 0.717) is 5.41 Å². The van der Waals surface area contributed by atoms with E-state index < -0.39 is 0 Å². The zero-order chi connectivity index (χ0) is 13.1. The molecule has 0 saturated heterocycles. The Morgan fingerprint density at radius 2 is 1.61 bits per heavy atom. The normalized spacial score (nSPS) is 19.7. The lowest BCUT2D eigenvalue weighted by molar-refractivity contribution is 0.0450. The second kappa shape index (κ2) is 10.1. The first kappa shape index (κ1) is 16.4. The number of hydrogen-bond donors (Lipinski definition) is 1. The number of thiol groups is 1. The van der Waals surface area contributed by atoms with Gasteiger partial charge >= 0.3 is 0 Å². The van der Waals surface area contributed by atoms with Crippen LogP contribution in [-0.2, 0) is 4.74 Å². The molecule has 1 nitrogen and oxygen atoms in total. The van der Waals surface area contributed by atoms with E-state index in [4.69, 9.17) is 4.74 Å². The summed E-state index contributed by atoms with van der Waals surface area (Å²) in [6.07, 6.45) is 14.9. The Hall–Kier alpha value is 0.310. The first-order valence-electron chi connectivity index (χ1n) is 8.01. The maximum absolute atomic E-state index is 5.95. The number of unbranched alkanes of at least 4 members (excludes halogenated alkanes) is 4. The minimum atomic E-state index is 0.392. The Morgan fingerprint density at radius 3 is 2.22 bits per heavy atom. The van der Waals surface area contributed by atoms with Gasteiger partial charge in [-0.05, 0) is 25.0 Å². The fourth-order valence-corrected chi connectivity index (χ4v) is 3.33. The molecule has 0 bridgehead atoms. The summed E-state index contributed by atoms with van der Waals surface area (Å²) >= 11 is 4.59. The van der Waals surface area contributed by atoms with Crippen LogP contribution in [0.25, 0.3) is 0 Å². The van der Waals surface area contributed by atoms with Crippen molar-refractivity contribution in [2.45, 2.75) is 77.6 Å². The van der Waals surface area contributed by atoms with Gasteiger partial charge in [-0.2, -0.15) is 12.6 Å². The molecule has 1 rings (SSSR count). The molecule has 0 aromatic rings. The van der Waals surface area contributed by atoms with E-state index in [1.165, 1.54) is 70.6 Å². The molecule has 0 radical (unpaired) electrons. The lowest BCUT2D eigenvalue weighted by Crippen LogP contribution is -2.28. The summed E-state index contributed by atoms with van der Waals surface area (Å²) in [4.78, 5) is 0. The average molecular weight is 272 g/mol. The first-order valence-corrected chi connectivity index (χ1v) is 8.65. The highest BCUT2D eigenvalue weighted by Gasteiger charge is 2.29. The summed E-state index contributed by atoms with van der Waals surface area (Å²) in [5.74, 6) is 1.00. The van der Waals surface area contributed by atoms with Gasteiger partial charge < -0.3 is 4.74 Å². The highest BCUT2D eigenvalue weighted by atomic mass is 32.1. The van der Waals surface area contributed by atoms with Crippen molar-refractivity contribution in [2.75, 3.05) is 19.0 Å². The summed E-state index contributed by atoms with van der Waals surface area (Å²) in [5.41, 5.74) is 0.392. The lowest BCUT2D eigenvalue weighted by atomic mass is 9.83. The van der Waals surface area contributed by atoms with Gasteiger partial charge in [0.2, 0.25) is 0 Å². The van der Waals surface area contributed by atoms with Crippen LogP contribution in [0.15, 0.2) is 0 Å². The zero-order valence-electron chi connectivity index (χ0n) is 12.3. The smallest absolute Gasteiger partial charge is 0.0530 e. The Morgan fingerprint density at radius 1 is 0.944 bits per heavy atom. The highest BCUT2D eigenvalue weighted by molar-refractivity contribution is 7.80. The molecule has 0 atom stereocenters. The van der Waals surface area contributed by atoms with E-state index in [-0.39, 0.29) is 0 Å². The third-order valence-electron chi connectivity index (χ3n) is 4.30. The molecule has 108 valence electrons. The van der Waals surface area contributed by atoms with E-state index >= 15 is 0 Å². The molecule has 0 aromatic heterocycles. The molecular weight excluding hydrogens is 240 g/mol. The molecule has 0 aromatic carbocycles. The minimum Gasteiger partial charge on any atom is -0.381 e.